The van der Waals surface area contributed by atoms with Crippen molar-refractivity contribution in [3.63, 3.8) is 0 Å². The molecule has 4 heteroatoms. The summed E-state index contributed by atoms with van der Waals surface area (Å²) in [5.41, 5.74) is 0. The van der Waals surface area contributed by atoms with Gasteiger partial charge in [-0.3, -0.25) is 0 Å². The van der Waals surface area contributed by atoms with Gasteiger partial charge in [0.1, 0.15) is 18.5 Å². The van der Waals surface area contributed by atoms with Gasteiger partial charge in [0.05, 0.1) is 0 Å². The van der Waals surface area contributed by atoms with E-state index < -0.39 is 6.10 Å². The standard InChI is InChI=1S/C19H25NO2.ClH/c1-15-9-11-20(12-10-15)13-17(21)14-22-19-8-4-6-16-5-2-3-7-18(16)19;/h2-8,15,17,21H,9-14H2,1H3;1H. The largest absolute Gasteiger partial charge is 0.490 e. The fourth-order valence-electron chi connectivity index (χ4n) is 3.10. The molecule has 0 spiro atoms. The van der Waals surface area contributed by atoms with Gasteiger partial charge in [0, 0.05) is 11.9 Å². The van der Waals surface area contributed by atoms with E-state index in [0.29, 0.717) is 13.2 Å². The van der Waals surface area contributed by atoms with Crippen molar-refractivity contribution in [2.45, 2.75) is 25.9 Å². The molecule has 2 aromatic rings. The molecule has 1 unspecified atom stereocenters. The molecular weight excluding hydrogens is 310 g/mol. The Bertz CT molecular complexity index is 606. The van der Waals surface area contributed by atoms with Gasteiger partial charge in [-0.15, -0.1) is 12.4 Å². The molecule has 0 saturated carbocycles. The lowest BCUT2D eigenvalue weighted by atomic mass is 9.99. The number of aliphatic hydroxyl groups excluding tert-OH is 1. The Morgan fingerprint density at radius 2 is 1.83 bits per heavy atom. The highest BCUT2D eigenvalue weighted by atomic mass is 35.5. The second-order valence-electron chi connectivity index (χ2n) is 6.43. The molecule has 126 valence electrons. The Balaban J connectivity index is 0.00000192. The highest BCUT2D eigenvalue weighted by Gasteiger charge is 2.18. The topological polar surface area (TPSA) is 32.7 Å². The van der Waals surface area contributed by atoms with E-state index in [-0.39, 0.29) is 12.4 Å². The lowest BCUT2D eigenvalue weighted by Crippen LogP contribution is -2.40. The molecule has 1 aliphatic rings. The summed E-state index contributed by atoms with van der Waals surface area (Å²) in [6.45, 7) is 5.54. The number of halogens is 1. The fourth-order valence-corrected chi connectivity index (χ4v) is 3.10. The molecule has 0 bridgehead atoms. The van der Waals surface area contributed by atoms with Gasteiger partial charge in [-0.1, -0.05) is 43.3 Å². The summed E-state index contributed by atoms with van der Waals surface area (Å²) in [6, 6.07) is 14.2. The quantitative estimate of drug-likeness (QED) is 0.903. The second-order valence-corrected chi connectivity index (χ2v) is 6.43. The number of nitrogens with zero attached hydrogens (tertiary/aromatic N) is 1. The van der Waals surface area contributed by atoms with E-state index in [4.69, 9.17) is 4.74 Å². The zero-order chi connectivity index (χ0) is 15.4. The van der Waals surface area contributed by atoms with Crippen molar-refractivity contribution in [2.24, 2.45) is 5.92 Å². The molecular formula is C19H26ClNO2. The summed E-state index contributed by atoms with van der Waals surface area (Å²) in [5, 5.41) is 12.5. The molecule has 1 heterocycles. The molecule has 23 heavy (non-hydrogen) atoms. The number of hydrogen-bond donors (Lipinski definition) is 1. The number of ether oxygens (including phenoxy) is 1. The molecule has 3 rings (SSSR count). The van der Waals surface area contributed by atoms with Gasteiger partial charge in [-0.05, 0) is 43.3 Å². The van der Waals surface area contributed by atoms with Gasteiger partial charge < -0.3 is 14.7 Å². The first-order chi connectivity index (χ1) is 10.7. The molecule has 2 aromatic carbocycles. The molecule has 1 aliphatic heterocycles. The predicted molar refractivity (Wildman–Crippen MR) is 97.5 cm³/mol. The molecule has 0 aliphatic carbocycles. The first kappa shape index (κ1) is 18.1. The van der Waals surface area contributed by atoms with Gasteiger partial charge in [-0.25, -0.2) is 0 Å². The molecule has 1 atom stereocenters. The smallest absolute Gasteiger partial charge is 0.127 e. The maximum atomic E-state index is 10.2. The van der Waals surface area contributed by atoms with Crippen LogP contribution in [-0.2, 0) is 0 Å². The maximum Gasteiger partial charge on any atom is 0.127 e. The third-order valence-electron chi connectivity index (χ3n) is 4.53. The lowest BCUT2D eigenvalue weighted by Gasteiger charge is -2.31. The minimum absolute atomic E-state index is 0. The number of likely N-dealkylation sites (tertiary alicyclic amines) is 1. The monoisotopic (exact) mass is 335 g/mol. The van der Waals surface area contributed by atoms with Crippen LogP contribution in [0, 0.1) is 5.92 Å². The van der Waals surface area contributed by atoms with Gasteiger partial charge in [0.25, 0.3) is 0 Å². The summed E-state index contributed by atoms with van der Waals surface area (Å²) >= 11 is 0. The van der Waals surface area contributed by atoms with Crippen molar-refractivity contribution in [1.82, 2.24) is 4.90 Å². The third kappa shape index (κ3) is 4.84. The van der Waals surface area contributed by atoms with Crippen LogP contribution in [0.5, 0.6) is 5.75 Å². The SMILES string of the molecule is CC1CCN(CC(O)COc2cccc3ccccc23)CC1.Cl. The Hall–Kier alpha value is -1.29. The molecule has 0 radical (unpaired) electrons. The van der Waals surface area contributed by atoms with Crippen LogP contribution < -0.4 is 4.74 Å². The van der Waals surface area contributed by atoms with Crippen molar-refractivity contribution in [3.8, 4) is 5.75 Å². The zero-order valence-electron chi connectivity index (χ0n) is 13.6. The second kappa shape index (κ2) is 8.53. The molecule has 0 aromatic heterocycles. The van der Waals surface area contributed by atoms with E-state index in [1.165, 1.54) is 18.2 Å². The minimum atomic E-state index is -0.438. The van der Waals surface area contributed by atoms with Crippen molar-refractivity contribution in [1.29, 1.82) is 0 Å². The minimum Gasteiger partial charge on any atom is -0.490 e. The normalized spacial score (nSPS) is 17.7. The highest BCUT2D eigenvalue weighted by molar-refractivity contribution is 5.88. The average molecular weight is 336 g/mol. The first-order valence-corrected chi connectivity index (χ1v) is 8.23. The van der Waals surface area contributed by atoms with Crippen molar-refractivity contribution in [2.75, 3.05) is 26.2 Å². The third-order valence-corrected chi connectivity index (χ3v) is 4.53. The summed E-state index contributed by atoms with van der Waals surface area (Å²) in [4.78, 5) is 2.34. The van der Waals surface area contributed by atoms with Crippen molar-refractivity contribution < 1.29 is 9.84 Å². The maximum absolute atomic E-state index is 10.2. The molecule has 1 N–H and O–H groups in total. The van der Waals surface area contributed by atoms with Crippen LogP contribution in [0.15, 0.2) is 42.5 Å². The van der Waals surface area contributed by atoms with E-state index in [0.717, 1.165) is 30.1 Å². The molecule has 1 fully saturated rings. The number of hydrogen-bond acceptors (Lipinski definition) is 3. The van der Waals surface area contributed by atoms with Crippen LogP contribution in [0.25, 0.3) is 10.8 Å². The van der Waals surface area contributed by atoms with Crippen LogP contribution in [0.4, 0.5) is 0 Å². The van der Waals surface area contributed by atoms with Crippen LogP contribution >= 0.6 is 12.4 Å². The molecule has 1 saturated heterocycles. The van der Waals surface area contributed by atoms with Crippen LogP contribution in [-0.4, -0.2) is 42.4 Å². The van der Waals surface area contributed by atoms with Crippen molar-refractivity contribution >= 4 is 23.2 Å². The number of piperidine rings is 1. The van der Waals surface area contributed by atoms with Crippen LogP contribution in [0.2, 0.25) is 0 Å². The number of aliphatic hydroxyl groups is 1. The molecule has 0 amide bonds. The van der Waals surface area contributed by atoms with E-state index in [9.17, 15) is 5.11 Å². The van der Waals surface area contributed by atoms with Crippen LogP contribution in [0.1, 0.15) is 19.8 Å². The summed E-state index contributed by atoms with van der Waals surface area (Å²) in [7, 11) is 0. The molecule has 3 nitrogen and oxygen atoms in total. The number of rotatable bonds is 5. The number of benzene rings is 2. The summed E-state index contributed by atoms with van der Waals surface area (Å²) < 4.78 is 5.87. The lowest BCUT2D eigenvalue weighted by molar-refractivity contribution is 0.0567. The fraction of sp³-hybridized carbons (Fsp3) is 0.474. The first-order valence-electron chi connectivity index (χ1n) is 8.23. The average Bonchev–Trinajstić information content (AvgIpc) is 2.55. The van der Waals surface area contributed by atoms with Crippen LogP contribution in [0.3, 0.4) is 0 Å². The summed E-state index contributed by atoms with van der Waals surface area (Å²) in [6.07, 6.45) is 2.03. The Morgan fingerprint density at radius 3 is 2.61 bits per heavy atom. The highest BCUT2D eigenvalue weighted by Crippen LogP contribution is 2.25. The van der Waals surface area contributed by atoms with Gasteiger partial charge >= 0.3 is 0 Å². The van der Waals surface area contributed by atoms with Gasteiger partial charge in [0.15, 0.2) is 0 Å². The Kier molecular flexibility index (Phi) is 6.70. The Morgan fingerprint density at radius 1 is 1.13 bits per heavy atom. The summed E-state index contributed by atoms with van der Waals surface area (Å²) in [5.74, 6) is 1.67. The van der Waals surface area contributed by atoms with Gasteiger partial charge in [0.2, 0.25) is 0 Å². The van der Waals surface area contributed by atoms with E-state index >= 15 is 0 Å². The van der Waals surface area contributed by atoms with E-state index in [1.54, 1.807) is 0 Å². The van der Waals surface area contributed by atoms with E-state index in [1.807, 2.05) is 24.3 Å². The number of fused-ring (bicyclic) bond motifs is 1. The Labute approximate surface area is 144 Å². The van der Waals surface area contributed by atoms with Gasteiger partial charge in [-0.2, -0.15) is 0 Å². The predicted octanol–water partition coefficient (Wildman–Crippen LogP) is 3.73. The number of β-amino-alcohol motifs (C(OH)–C–C–N with tert-alkyl or cyclic N) is 1. The van der Waals surface area contributed by atoms with Crippen molar-refractivity contribution in [3.05, 3.63) is 42.5 Å². The zero-order valence-corrected chi connectivity index (χ0v) is 14.5. The van der Waals surface area contributed by atoms with E-state index in [2.05, 4.69) is 30.0 Å².